The number of fused-ring (bicyclic) bond motifs is 1. The van der Waals surface area contributed by atoms with Crippen LogP contribution in [-0.4, -0.2) is 41.8 Å². The van der Waals surface area contributed by atoms with Gasteiger partial charge in [-0.15, -0.1) is 0 Å². The summed E-state index contributed by atoms with van der Waals surface area (Å²) in [6.45, 7) is 3.90. The van der Waals surface area contributed by atoms with Gasteiger partial charge in [0.15, 0.2) is 0 Å². The van der Waals surface area contributed by atoms with E-state index in [0.29, 0.717) is 6.54 Å². The number of anilines is 1. The molecular formula is C26H26N4O2. The third-order valence-corrected chi connectivity index (χ3v) is 5.82. The zero-order valence-corrected chi connectivity index (χ0v) is 17.9. The van der Waals surface area contributed by atoms with E-state index in [2.05, 4.69) is 50.1 Å². The van der Waals surface area contributed by atoms with Gasteiger partial charge >= 0.3 is 0 Å². The average Bonchev–Trinajstić information content (AvgIpc) is 3.22. The molecule has 0 spiro atoms. The Morgan fingerprint density at radius 3 is 2.53 bits per heavy atom. The van der Waals surface area contributed by atoms with Gasteiger partial charge in [0.25, 0.3) is 0 Å². The smallest absolute Gasteiger partial charge is 0.240 e. The summed E-state index contributed by atoms with van der Waals surface area (Å²) in [7, 11) is 0. The fraction of sp³-hybridized carbons (Fsp3) is 0.231. The molecule has 0 saturated carbocycles. The number of rotatable bonds is 6. The van der Waals surface area contributed by atoms with Gasteiger partial charge in [-0.1, -0.05) is 54.6 Å². The van der Waals surface area contributed by atoms with E-state index in [1.165, 1.54) is 0 Å². The van der Waals surface area contributed by atoms with E-state index in [4.69, 9.17) is 4.74 Å². The summed E-state index contributed by atoms with van der Waals surface area (Å²) in [5, 5.41) is 4.17. The normalized spacial score (nSPS) is 13.9. The quantitative estimate of drug-likeness (QED) is 0.509. The lowest BCUT2D eigenvalue weighted by Crippen LogP contribution is -2.36. The number of hydrogen-bond acceptors (Lipinski definition) is 4. The van der Waals surface area contributed by atoms with E-state index in [1.807, 2.05) is 48.7 Å². The number of hydrogen-bond donors (Lipinski definition) is 1. The molecule has 0 atom stereocenters. The molecule has 2 aromatic heterocycles. The summed E-state index contributed by atoms with van der Waals surface area (Å²) < 4.78 is 7.48. The zero-order valence-electron chi connectivity index (χ0n) is 17.9. The SMILES string of the molecule is O=C(Cn1c(-c2ccccc2)cc2ccccc21)NCc1ccc(N2CCOCC2)nc1. The van der Waals surface area contributed by atoms with Crippen LogP contribution in [0, 0.1) is 0 Å². The summed E-state index contributed by atoms with van der Waals surface area (Å²) in [6, 6.07) is 24.5. The van der Waals surface area contributed by atoms with Crippen molar-refractivity contribution in [2.75, 3.05) is 31.2 Å². The maximum atomic E-state index is 12.9. The Balaban J connectivity index is 1.28. The van der Waals surface area contributed by atoms with Crippen LogP contribution in [0.25, 0.3) is 22.2 Å². The highest BCUT2D eigenvalue weighted by atomic mass is 16.5. The van der Waals surface area contributed by atoms with Crippen LogP contribution < -0.4 is 10.2 Å². The molecule has 162 valence electrons. The summed E-state index contributed by atoms with van der Waals surface area (Å²) in [6.07, 6.45) is 1.84. The van der Waals surface area contributed by atoms with E-state index in [9.17, 15) is 4.79 Å². The predicted molar refractivity (Wildman–Crippen MR) is 126 cm³/mol. The second-order valence-corrected chi connectivity index (χ2v) is 7.94. The standard InChI is InChI=1S/C26H26N4O2/c31-26(28-18-20-10-11-25(27-17-20)29-12-14-32-15-13-29)19-30-23-9-5-4-8-22(23)16-24(30)21-6-2-1-3-7-21/h1-11,16-17H,12-15,18-19H2,(H,28,31). The van der Waals surface area contributed by atoms with Crippen LogP contribution in [0.2, 0.25) is 0 Å². The van der Waals surface area contributed by atoms with Gasteiger partial charge in [-0.3, -0.25) is 4.79 Å². The number of morpholine rings is 1. The van der Waals surface area contributed by atoms with E-state index in [0.717, 1.165) is 59.8 Å². The number of para-hydroxylation sites is 1. The van der Waals surface area contributed by atoms with Gasteiger partial charge in [-0.2, -0.15) is 0 Å². The highest BCUT2D eigenvalue weighted by Crippen LogP contribution is 2.28. The second-order valence-electron chi connectivity index (χ2n) is 7.94. The number of benzene rings is 2. The van der Waals surface area contributed by atoms with Crippen molar-refractivity contribution >= 4 is 22.6 Å². The van der Waals surface area contributed by atoms with Crippen LogP contribution in [0.15, 0.2) is 79.0 Å². The van der Waals surface area contributed by atoms with Gasteiger partial charge in [0.05, 0.1) is 13.2 Å². The van der Waals surface area contributed by atoms with Gasteiger partial charge in [-0.05, 0) is 29.3 Å². The number of amides is 1. The van der Waals surface area contributed by atoms with Gasteiger partial charge < -0.3 is 19.5 Å². The predicted octanol–water partition coefficient (Wildman–Crippen LogP) is 3.86. The van der Waals surface area contributed by atoms with E-state index in [1.54, 1.807) is 0 Å². The van der Waals surface area contributed by atoms with Crippen molar-refractivity contribution in [2.24, 2.45) is 0 Å². The summed E-state index contributed by atoms with van der Waals surface area (Å²) >= 11 is 0. The fourth-order valence-corrected chi connectivity index (χ4v) is 4.13. The lowest BCUT2D eigenvalue weighted by atomic mass is 10.1. The number of nitrogens with zero attached hydrogens (tertiary/aromatic N) is 3. The first-order valence-electron chi connectivity index (χ1n) is 11.0. The van der Waals surface area contributed by atoms with Crippen LogP contribution in [0.5, 0.6) is 0 Å². The molecule has 0 aliphatic carbocycles. The van der Waals surface area contributed by atoms with Crippen LogP contribution in [-0.2, 0) is 22.6 Å². The topological polar surface area (TPSA) is 59.4 Å². The molecule has 32 heavy (non-hydrogen) atoms. The Morgan fingerprint density at radius 2 is 1.75 bits per heavy atom. The molecule has 4 aromatic rings. The summed E-state index contributed by atoms with van der Waals surface area (Å²) in [4.78, 5) is 19.6. The maximum Gasteiger partial charge on any atom is 0.240 e. The highest BCUT2D eigenvalue weighted by molar-refractivity contribution is 5.89. The maximum absolute atomic E-state index is 12.9. The Morgan fingerprint density at radius 1 is 0.969 bits per heavy atom. The van der Waals surface area contributed by atoms with Crippen LogP contribution >= 0.6 is 0 Å². The molecule has 3 heterocycles. The lowest BCUT2D eigenvalue weighted by Gasteiger charge is -2.27. The molecule has 0 unspecified atom stereocenters. The Kier molecular flexibility index (Phi) is 5.85. The molecule has 1 amide bonds. The van der Waals surface area contributed by atoms with E-state index in [-0.39, 0.29) is 12.5 Å². The monoisotopic (exact) mass is 426 g/mol. The minimum atomic E-state index is -0.0270. The molecule has 2 aromatic carbocycles. The third-order valence-electron chi connectivity index (χ3n) is 5.82. The van der Waals surface area contributed by atoms with Crippen LogP contribution in [0.3, 0.4) is 0 Å². The Hall–Kier alpha value is -3.64. The molecule has 1 aliphatic heterocycles. The Labute approximate surface area is 187 Å². The van der Waals surface area contributed by atoms with Crippen molar-refractivity contribution in [3.63, 3.8) is 0 Å². The fourth-order valence-electron chi connectivity index (χ4n) is 4.13. The molecule has 6 nitrogen and oxygen atoms in total. The molecule has 1 saturated heterocycles. The van der Waals surface area contributed by atoms with Crippen molar-refractivity contribution in [3.05, 3.63) is 84.6 Å². The zero-order chi connectivity index (χ0) is 21.8. The van der Waals surface area contributed by atoms with E-state index >= 15 is 0 Å². The molecule has 1 N–H and O–H groups in total. The molecule has 5 rings (SSSR count). The average molecular weight is 427 g/mol. The number of ether oxygens (including phenoxy) is 1. The minimum Gasteiger partial charge on any atom is -0.378 e. The minimum absolute atomic E-state index is 0.0270. The van der Waals surface area contributed by atoms with Gasteiger partial charge in [0.2, 0.25) is 5.91 Å². The molecule has 1 aliphatic rings. The van der Waals surface area contributed by atoms with Crippen molar-refractivity contribution in [2.45, 2.75) is 13.1 Å². The lowest BCUT2D eigenvalue weighted by molar-refractivity contribution is -0.121. The molecule has 0 radical (unpaired) electrons. The first-order valence-corrected chi connectivity index (χ1v) is 11.0. The third kappa shape index (κ3) is 4.36. The molecular weight excluding hydrogens is 400 g/mol. The highest BCUT2D eigenvalue weighted by Gasteiger charge is 2.14. The number of carbonyl (C=O) groups excluding carboxylic acids is 1. The second kappa shape index (κ2) is 9.24. The number of aromatic nitrogens is 2. The van der Waals surface area contributed by atoms with Gasteiger partial charge in [0, 0.05) is 42.4 Å². The van der Waals surface area contributed by atoms with E-state index < -0.39 is 0 Å². The van der Waals surface area contributed by atoms with Crippen molar-refractivity contribution in [1.29, 1.82) is 0 Å². The first-order chi connectivity index (χ1) is 15.8. The molecule has 1 fully saturated rings. The number of carbonyl (C=O) groups is 1. The van der Waals surface area contributed by atoms with Crippen molar-refractivity contribution in [1.82, 2.24) is 14.9 Å². The van der Waals surface area contributed by atoms with Crippen molar-refractivity contribution < 1.29 is 9.53 Å². The summed E-state index contributed by atoms with van der Waals surface area (Å²) in [5.74, 6) is 0.926. The summed E-state index contributed by atoms with van der Waals surface area (Å²) in [5.41, 5.74) is 4.17. The number of pyridine rings is 1. The van der Waals surface area contributed by atoms with Gasteiger partial charge in [-0.25, -0.2) is 4.98 Å². The molecule has 6 heteroatoms. The molecule has 0 bridgehead atoms. The van der Waals surface area contributed by atoms with Crippen molar-refractivity contribution in [3.8, 4) is 11.3 Å². The number of nitrogens with one attached hydrogen (secondary N) is 1. The van der Waals surface area contributed by atoms with Crippen LogP contribution in [0.1, 0.15) is 5.56 Å². The van der Waals surface area contributed by atoms with Crippen LogP contribution in [0.4, 0.5) is 5.82 Å². The van der Waals surface area contributed by atoms with Gasteiger partial charge in [0.1, 0.15) is 12.4 Å². The Bertz CT molecular complexity index is 1200. The first kappa shape index (κ1) is 20.3. The largest absolute Gasteiger partial charge is 0.378 e.